The van der Waals surface area contributed by atoms with Gasteiger partial charge in [-0.2, -0.15) is 0 Å². The maximum atomic E-state index is 12.4. The van der Waals surface area contributed by atoms with Crippen LogP contribution in [-0.4, -0.2) is 20.2 Å². The Morgan fingerprint density at radius 2 is 1.94 bits per heavy atom. The Kier molecular flexibility index (Phi) is 4.71. The summed E-state index contributed by atoms with van der Waals surface area (Å²) in [6, 6.07) is 5.45. The van der Waals surface area contributed by atoms with Crippen LogP contribution in [0.5, 0.6) is 0 Å². The normalized spacial score (nSPS) is 13.6. The molecule has 0 spiro atoms. The lowest BCUT2D eigenvalue weighted by molar-refractivity contribution is 0.567. The highest BCUT2D eigenvalue weighted by Gasteiger charge is 2.26. The van der Waals surface area contributed by atoms with Crippen molar-refractivity contribution in [2.24, 2.45) is 5.73 Å². The van der Waals surface area contributed by atoms with E-state index in [1.165, 1.54) is 0 Å². The fraction of sp³-hybridized carbons (Fsp3) is 0.538. The third-order valence-corrected chi connectivity index (χ3v) is 5.54. The quantitative estimate of drug-likeness (QED) is 0.877. The number of benzene rings is 1. The molecular formula is C13H21NO2S. The average molecular weight is 255 g/mol. The smallest absolute Gasteiger partial charge is 0.181 e. The Balaban J connectivity index is 3.20. The molecule has 17 heavy (non-hydrogen) atoms. The highest BCUT2D eigenvalue weighted by atomic mass is 32.2. The van der Waals surface area contributed by atoms with Gasteiger partial charge in [-0.1, -0.05) is 24.6 Å². The molecule has 1 rings (SSSR count). The van der Waals surface area contributed by atoms with Crippen LogP contribution in [0.2, 0.25) is 0 Å². The minimum atomic E-state index is -3.24. The van der Waals surface area contributed by atoms with Crippen LogP contribution in [0.1, 0.15) is 30.9 Å². The molecular weight excluding hydrogens is 234 g/mol. The highest BCUT2D eigenvalue weighted by Crippen LogP contribution is 2.24. The fourth-order valence-electron chi connectivity index (χ4n) is 2.06. The van der Waals surface area contributed by atoms with Gasteiger partial charge in [-0.25, -0.2) is 8.42 Å². The zero-order chi connectivity index (χ0) is 13.1. The topological polar surface area (TPSA) is 60.2 Å². The summed E-state index contributed by atoms with van der Waals surface area (Å²) < 4.78 is 24.9. The molecule has 0 fully saturated rings. The van der Waals surface area contributed by atoms with Crippen molar-refractivity contribution in [1.29, 1.82) is 0 Å². The lowest BCUT2D eigenvalue weighted by Crippen LogP contribution is -2.24. The first-order valence-electron chi connectivity index (χ1n) is 5.94. The summed E-state index contributed by atoms with van der Waals surface area (Å²) in [5.41, 5.74) is 7.37. The highest BCUT2D eigenvalue weighted by molar-refractivity contribution is 7.92. The van der Waals surface area contributed by atoms with E-state index in [1.54, 1.807) is 6.07 Å². The van der Waals surface area contributed by atoms with Crippen molar-refractivity contribution in [3.05, 3.63) is 29.3 Å². The van der Waals surface area contributed by atoms with Gasteiger partial charge in [-0.05, 0) is 44.9 Å². The van der Waals surface area contributed by atoms with E-state index < -0.39 is 9.84 Å². The second kappa shape index (κ2) is 5.65. The van der Waals surface area contributed by atoms with Crippen LogP contribution >= 0.6 is 0 Å². The molecule has 0 aliphatic carbocycles. The van der Waals surface area contributed by atoms with E-state index in [1.807, 2.05) is 32.9 Å². The molecule has 0 saturated carbocycles. The molecule has 0 amide bonds. The Bertz CT molecular complexity index is 480. The van der Waals surface area contributed by atoms with Crippen LogP contribution in [-0.2, 0) is 9.84 Å². The van der Waals surface area contributed by atoms with Gasteiger partial charge in [0.25, 0.3) is 0 Å². The SMILES string of the molecule is CCC(CCN)S(=O)(=O)c1ccc(C)cc1C. The lowest BCUT2D eigenvalue weighted by Gasteiger charge is -2.16. The van der Waals surface area contributed by atoms with Crippen molar-refractivity contribution in [2.45, 2.75) is 43.8 Å². The third-order valence-electron chi connectivity index (χ3n) is 3.02. The van der Waals surface area contributed by atoms with Gasteiger partial charge in [0.15, 0.2) is 9.84 Å². The number of aryl methyl sites for hydroxylation is 2. The van der Waals surface area contributed by atoms with Crippen molar-refractivity contribution in [1.82, 2.24) is 0 Å². The Morgan fingerprint density at radius 3 is 2.41 bits per heavy atom. The predicted molar refractivity (Wildman–Crippen MR) is 70.9 cm³/mol. The van der Waals surface area contributed by atoms with Gasteiger partial charge in [-0.15, -0.1) is 0 Å². The first kappa shape index (κ1) is 14.2. The van der Waals surface area contributed by atoms with Crippen molar-refractivity contribution in [3.8, 4) is 0 Å². The Morgan fingerprint density at radius 1 is 1.29 bits per heavy atom. The molecule has 0 aliphatic heterocycles. The summed E-state index contributed by atoms with van der Waals surface area (Å²) in [5.74, 6) is 0. The molecule has 0 saturated heterocycles. The van der Waals surface area contributed by atoms with Crippen molar-refractivity contribution in [2.75, 3.05) is 6.54 Å². The van der Waals surface area contributed by atoms with Crippen molar-refractivity contribution in [3.63, 3.8) is 0 Å². The number of sulfone groups is 1. The molecule has 0 bridgehead atoms. The third kappa shape index (κ3) is 3.07. The lowest BCUT2D eigenvalue weighted by atomic mass is 10.2. The van der Waals surface area contributed by atoms with E-state index in [-0.39, 0.29) is 5.25 Å². The average Bonchev–Trinajstić information content (AvgIpc) is 2.24. The van der Waals surface area contributed by atoms with Gasteiger partial charge in [0.1, 0.15) is 0 Å². The maximum Gasteiger partial charge on any atom is 0.181 e. The monoisotopic (exact) mass is 255 g/mol. The molecule has 3 nitrogen and oxygen atoms in total. The van der Waals surface area contributed by atoms with Crippen LogP contribution in [0.15, 0.2) is 23.1 Å². The molecule has 0 aliphatic rings. The van der Waals surface area contributed by atoms with E-state index in [9.17, 15) is 8.42 Å². The van der Waals surface area contributed by atoms with Gasteiger partial charge < -0.3 is 5.73 Å². The zero-order valence-electron chi connectivity index (χ0n) is 10.7. The van der Waals surface area contributed by atoms with Crippen LogP contribution in [0.3, 0.4) is 0 Å². The van der Waals surface area contributed by atoms with E-state index >= 15 is 0 Å². The second-order valence-electron chi connectivity index (χ2n) is 4.42. The van der Waals surface area contributed by atoms with Gasteiger partial charge in [0.2, 0.25) is 0 Å². The van der Waals surface area contributed by atoms with Gasteiger partial charge in [-0.3, -0.25) is 0 Å². The van der Waals surface area contributed by atoms with E-state index in [0.717, 1.165) is 11.1 Å². The maximum absolute atomic E-state index is 12.4. The first-order chi connectivity index (χ1) is 7.93. The van der Waals surface area contributed by atoms with Crippen LogP contribution < -0.4 is 5.73 Å². The molecule has 4 heteroatoms. The summed E-state index contributed by atoms with van der Waals surface area (Å²) >= 11 is 0. The summed E-state index contributed by atoms with van der Waals surface area (Å²) in [5, 5.41) is -0.367. The summed E-state index contributed by atoms with van der Waals surface area (Å²) in [4.78, 5) is 0.448. The van der Waals surface area contributed by atoms with Crippen molar-refractivity contribution >= 4 is 9.84 Å². The van der Waals surface area contributed by atoms with Crippen LogP contribution in [0.4, 0.5) is 0 Å². The fourth-order valence-corrected chi connectivity index (χ4v) is 4.07. The van der Waals surface area contributed by atoms with Crippen molar-refractivity contribution < 1.29 is 8.42 Å². The molecule has 1 unspecified atom stereocenters. The van der Waals surface area contributed by atoms with E-state index in [2.05, 4.69) is 0 Å². The first-order valence-corrected chi connectivity index (χ1v) is 7.49. The standard InChI is InChI=1S/C13H21NO2S/c1-4-12(7-8-14)17(15,16)13-6-5-10(2)9-11(13)3/h5-6,9,12H,4,7-8,14H2,1-3H3. The molecule has 0 heterocycles. The molecule has 96 valence electrons. The molecule has 0 aromatic heterocycles. The van der Waals surface area contributed by atoms with E-state index in [4.69, 9.17) is 5.73 Å². The minimum Gasteiger partial charge on any atom is -0.330 e. The predicted octanol–water partition coefficient (Wildman–Crippen LogP) is 2.20. The molecule has 2 N–H and O–H groups in total. The van der Waals surface area contributed by atoms with Crippen LogP contribution in [0.25, 0.3) is 0 Å². The molecule has 1 aromatic carbocycles. The van der Waals surface area contributed by atoms with E-state index in [0.29, 0.717) is 24.3 Å². The van der Waals surface area contributed by atoms with Gasteiger partial charge >= 0.3 is 0 Å². The molecule has 0 radical (unpaired) electrons. The summed E-state index contributed by atoms with van der Waals surface area (Å²) in [6.45, 7) is 6.10. The summed E-state index contributed by atoms with van der Waals surface area (Å²) in [6.07, 6.45) is 1.12. The molecule has 1 aromatic rings. The second-order valence-corrected chi connectivity index (χ2v) is 6.62. The Hall–Kier alpha value is -0.870. The number of rotatable bonds is 5. The molecule has 1 atom stereocenters. The van der Waals surface area contributed by atoms with Gasteiger partial charge in [0.05, 0.1) is 10.1 Å². The number of hydrogen-bond acceptors (Lipinski definition) is 3. The number of hydrogen-bond donors (Lipinski definition) is 1. The number of nitrogens with two attached hydrogens (primary N) is 1. The Labute approximate surface area is 104 Å². The summed E-state index contributed by atoms with van der Waals surface area (Å²) in [7, 11) is -3.24. The van der Waals surface area contributed by atoms with Gasteiger partial charge in [0, 0.05) is 0 Å². The minimum absolute atomic E-state index is 0.367. The van der Waals surface area contributed by atoms with Crippen LogP contribution in [0, 0.1) is 13.8 Å². The largest absolute Gasteiger partial charge is 0.330 e. The zero-order valence-corrected chi connectivity index (χ0v) is 11.5.